The van der Waals surface area contributed by atoms with Crippen LogP contribution in [0.5, 0.6) is 0 Å². The third kappa shape index (κ3) is 8.14. The first-order chi connectivity index (χ1) is 6.35. The summed E-state index contributed by atoms with van der Waals surface area (Å²) in [5.41, 5.74) is 0. The molecule has 0 aromatic carbocycles. The van der Waals surface area contributed by atoms with Gasteiger partial charge in [0.05, 0.1) is 0 Å². The maximum atomic E-state index is 4.60. The third-order valence-electron chi connectivity index (χ3n) is 1.53. The summed E-state index contributed by atoms with van der Waals surface area (Å²) in [5.74, 6) is 0. The van der Waals surface area contributed by atoms with Crippen LogP contribution in [0.1, 0.15) is 0 Å². The second-order valence-electron chi connectivity index (χ2n) is 2.50. The Balaban J connectivity index is 0.000000223. The van der Waals surface area contributed by atoms with Crippen molar-refractivity contribution < 1.29 is 14.2 Å². The minimum Gasteiger partial charge on any atom is -0.333 e. The van der Waals surface area contributed by atoms with Crippen molar-refractivity contribution in [3.05, 3.63) is 0 Å². The number of methoxy groups -OCH3 is 3. The molecule has 1 saturated heterocycles. The summed E-state index contributed by atoms with van der Waals surface area (Å²) in [7, 11) is 4.53. The SMILES string of the molecule is C1CNCCN1.COC(OC)OC. The number of hydrogen-bond donors (Lipinski definition) is 2. The molecule has 5 nitrogen and oxygen atoms in total. The van der Waals surface area contributed by atoms with Crippen molar-refractivity contribution in [1.29, 1.82) is 0 Å². The maximum absolute atomic E-state index is 4.60. The van der Waals surface area contributed by atoms with Gasteiger partial charge in [0.15, 0.2) is 0 Å². The number of piperazine rings is 1. The lowest BCUT2D eigenvalue weighted by atomic mass is 10.4. The van der Waals surface area contributed by atoms with Gasteiger partial charge in [0.1, 0.15) is 0 Å². The molecular formula is C8H20N2O3. The van der Waals surface area contributed by atoms with Crippen LogP contribution in [0, 0.1) is 0 Å². The van der Waals surface area contributed by atoms with Crippen molar-refractivity contribution >= 4 is 0 Å². The summed E-state index contributed by atoms with van der Waals surface area (Å²) < 4.78 is 13.8. The minimum atomic E-state index is -0.514. The Morgan fingerprint density at radius 1 is 0.769 bits per heavy atom. The second-order valence-corrected chi connectivity index (χ2v) is 2.50. The van der Waals surface area contributed by atoms with E-state index in [1.54, 1.807) is 0 Å². The van der Waals surface area contributed by atoms with Gasteiger partial charge in [-0.3, -0.25) is 0 Å². The van der Waals surface area contributed by atoms with Crippen molar-refractivity contribution in [2.24, 2.45) is 0 Å². The van der Waals surface area contributed by atoms with Crippen LogP contribution in [-0.2, 0) is 14.2 Å². The van der Waals surface area contributed by atoms with E-state index in [1.807, 2.05) is 0 Å². The van der Waals surface area contributed by atoms with E-state index in [0.717, 1.165) is 26.2 Å². The Morgan fingerprint density at radius 3 is 1.15 bits per heavy atom. The molecule has 1 aliphatic heterocycles. The second kappa shape index (κ2) is 9.88. The van der Waals surface area contributed by atoms with Crippen LogP contribution in [0.4, 0.5) is 0 Å². The standard InChI is InChI=1S/C4H10N2.C4H10O3/c1-2-6-4-3-5-1;1-5-4(6-2)7-3/h5-6H,1-4H2;4H,1-3H3. The van der Waals surface area contributed by atoms with Gasteiger partial charge in [0.2, 0.25) is 0 Å². The normalized spacial score (nSPS) is 16.6. The molecule has 0 amide bonds. The average Bonchev–Trinajstić information content (AvgIpc) is 2.24. The molecule has 0 bridgehead atoms. The fourth-order valence-electron chi connectivity index (χ4n) is 0.892. The highest BCUT2D eigenvalue weighted by molar-refractivity contribution is 4.59. The van der Waals surface area contributed by atoms with Crippen LogP contribution in [0.15, 0.2) is 0 Å². The Morgan fingerprint density at radius 2 is 1.08 bits per heavy atom. The fourth-order valence-corrected chi connectivity index (χ4v) is 0.892. The molecule has 13 heavy (non-hydrogen) atoms. The molecule has 1 fully saturated rings. The van der Waals surface area contributed by atoms with Gasteiger partial charge < -0.3 is 24.8 Å². The predicted molar refractivity (Wildman–Crippen MR) is 50.6 cm³/mol. The van der Waals surface area contributed by atoms with Crippen LogP contribution in [0.3, 0.4) is 0 Å². The smallest absolute Gasteiger partial charge is 0.270 e. The molecule has 0 aliphatic carbocycles. The van der Waals surface area contributed by atoms with Gasteiger partial charge in [-0.25, -0.2) is 0 Å². The highest BCUT2D eigenvalue weighted by Crippen LogP contribution is 1.87. The summed E-state index contributed by atoms with van der Waals surface area (Å²) in [6.45, 7) is 4.04. The number of hydrogen-bond acceptors (Lipinski definition) is 5. The molecule has 0 aromatic rings. The first-order valence-corrected chi connectivity index (χ1v) is 4.35. The number of ether oxygens (including phenoxy) is 3. The monoisotopic (exact) mass is 192 g/mol. The van der Waals surface area contributed by atoms with E-state index >= 15 is 0 Å². The van der Waals surface area contributed by atoms with Gasteiger partial charge in [-0.1, -0.05) is 0 Å². The fraction of sp³-hybridized carbons (Fsp3) is 1.00. The highest BCUT2D eigenvalue weighted by Gasteiger charge is 1.96. The van der Waals surface area contributed by atoms with E-state index in [0.29, 0.717) is 0 Å². The van der Waals surface area contributed by atoms with Crippen molar-refractivity contribution in [3.8, 4) is 0 Å². The van der Waals surface area contributed by atoms with E-state index < -0.39 is 6.48 Å². The summed E-state index contributed by atoms with van der Waals surface area (Å²) in [6, 6.07) is 0. The van der Waals surface area contributed by atoms with Gasteiger partial charge in [-0.05, 0) is 0 Å². The molecule has 0 radical (unpaired) electrons. The van der Waals surface area contributed by atoms with Crippen LogP contribution < -0.4 is 10.6 Å². The summed E-state index contributed by atoms with van der Waals surface area (Å²) >= 11 is 0. The zero-order chi connectivity index (χ0) is 9.94. The van der Waals surface area contributed by atoms with Gasteiger partial charge >= 0.3 is 0 Å². The van der Waals surface area contributed by atoms with E-state index in [4.69, 9.17) is 0 Å². The van der Waals surface area contributed by atoms with Crippen LogP contribution in [0.25, 0.3) is 0 Å². The molecule has 1 aliphatic rings. The predicted octanol–water partition coefficient (Wildman–Crippen LogP) is -0.612. The van der Waals surface area contributed by atoms with Gasteiger partial charge in [-0.2, -0.15) is 0 Å². The Labute approximate surface area is 79.7 Å². The summed E-state index contributed by atoms with van der Waals surface area (Å²) in [6.07, 6.45) is 0. The summed E-state index contributed by atoms with van der Waals surface area (Å²) in [4.78, 5) is 0. The Hall–Kier alpha value is -0.200. The van der Waals surface area contributed by atoms with E-state index in [1.165, 1.54) is 21.3 Å². The van der Waals surface area contributed by atoms with E-state index in [9.17, 15) is 0 Å². The molecular weight excluding hydrogens is 172 g/mol. The molecule has 0 spiro atoms. The quantitative estimate of drug-likeness (QED) is 0.584. The maximum Gasteiger partial charge on any atom is 0.270 e. The van der Waals surface area contributed by atoms with Crippen molar-refractivity contribution in [2.75, 3.05) is 47.5 Å². The van der Waals surface area contributed by atoms with E-state index in [-0.39, 0.29) is 0 Å². The Bertz CT molecular complexity index is 78.4. The lowest BCUT2D eigenvalue weighted by Crippen LogP contribution is -2.39. The van der Waals surface area contributed by atoms with Crippen LogP contribution in [-0.4, -0.2) is 54.0 Å². The lowest BCUT2D eigenvalue weighted by molar-refractivity contribution is -0.252. The Kier molecular flexibility index (Phi) is 9.73. The van der Waals surface area contributed by atoms with Crippen molar-refractivity contribution in [2.45, 2.75) is 6.48 Å². The molecule has 0 aromatic heterocycles. The highest BCUT2D eigenvalue weighted by atomic mass is 16.8. The van der Waals surface area contributed by atoms with Gasteiger partial charge in [0.25, 0.3) is 6.48 Å². The number of nitrogens with one attached hydrogen (secondary N) is 2. The molecule has 5 heteroatoms. The molecule has 80 valence electrons. The molecule has 2 N–H and O–H groups in total. The van der Waals surface area contributed by atoms with E-state index in [2.05, 4.69) is 24.8 Å². The molecule has 1 rings (SSSR count). The number of rotatable bonds is 3. The van der Waals surface area contributed by atoms with Crippen LogP contribution >= 0.6 is 0 Å². The van der Waals surface area contributed by atoms with Gasteiger partial charge in [-0.15, -0.1) is 0 Å². The van der Waals surface area contributed by atoms with Gasteiger partial charge in [0, 0.05) is 47.5 Å². The largest absolute Gasteiger partial charge is 0.333 e. The van der Waals surface area contributed by atoms with Crippen molar-refractivity contribution in [1.82, 2.24) is 10.6 Å². The third-order valence-corrected chi connectivity index (χ3v) is 1.53. The molecule has 1 heterocycles. The van der Waals surface area contributed by atoms with Crippen LogP contribution in [0.2, 0.25) is 0 Å². The summed E-state index contributed by atoms with van der Waals surface area (Å²) in [5, 5.41) is 6.44. The molecule has 0 atom stereocenters. The zero-order valence-corrected chi connectivity index (χ0v) is 8.63. The minimum absolute atomic E-state index is 0.514. The first-order valence-electron chi connectivity index (χ1n) is 4.35. The lowest BCUT2D eigenvalue weighted by Gasteiger charge is -2.11. The molecule has 0 saturated carbocycles. The average molecular weight is 192 g/mol. The molecule has 0 unspecified atom stereocenters. The first kappa shape index (κ1) is 12.8. The zero-order valence-electron chi connectivity index (χ0n) is 8.63. The van der Waals surface area contributed by atoms with Crippen molar-refractivity contribution in [3.63, 3.8) is 0 Å². The topological polar surface area (TPSA) is 51.8 Å².